The standard InChI is InChI=1S/C12H18N2O4/c1-7(2)5-9(12(16)17)14(4)11(15)10-13-8(3)6-18-10/h6-7,9H,5H2,1-4H3,(H,16,17). The predicted molar refractivity (Wildman–Crippen MR) is 64.2 cm³/mol. The van der Waals surface area contributed by atoms with Crippen molar-refractivity contribution >= 4 is 11.9 Å². The monoisotopic (exact) mass is 254 g/mol. The molecule has 1 amide bonds. The molecule has 1 heterocycles. The van der Waals surface area contributed by atoms with Gasteiger partial charge in [-0.05, 0) is 19.3 Å². The van der Waals surface area contributed by atoms with Crippen molar-refractivity contribution in [2.75, 3.05) is 7.05 Å². The first-order valence-electron chi connectivity index (χ1n) is 5.75. The maximum Gasteiger partial charge on any atom is 0.326 e. The highest BCUT2D eigenvalue weighted by Crippen LogP contribution is 2.14. The predicted octanol–water partition coefficient (Wildman–Crippen LogP) is 1.55. The third kappa shape index (κ3) is 3.32. The second-order valence-electron chi connectivity index (χ2n) is 4.69. The lowest BCUT2D eigenvalue weighted by molar-refractivity contribution is -0.142. The Morgan fingerprint density at radius 3 is 2.50 bits per heavy atom. The summed E-state index contributed by atoms with van der Waals surface area (Å²) in [6.07, 6.45) is 1.75. The maximum atomic E-state index is 12.0. The topological polar surface area (TPSA) is 83.6 Å². The van der Waals surface area contributed by atoms with Crippen LogP contribution in [0.5, 0.6) is 0 Å². The van der Waals surface area contributed by atoms with Gasteiger partial charge in [0.2, 0.25) is 0 Å². The Morgan fingerprint density at radius 1 is 1.50 bits per heavy atom. The molecule has 1 aromatic heterocycles. The van der Waals surface area contributed by atoms with E-state index in [4.69, 9.17) is 9.52 Å². The van der Waals surface area contributed by atoms with Crippen LogP contribution in [-0.4, -0.2) is 40.0 Å². The summed E-state index contributed by atoms with van der Waals surface area (Å²) in [6.45, 7) is 5.51. The van der Waals surface area contributed by atoms with Crippen molar-refractivity contribution in [1.29, 1.82) is 0 Å². The van der Waals surface area contributed by atoms with Crippen LogP contribution in [0, 0.1) is 12.8 Å². The lowest BCUT2D eigenvalue weighted by Gasteiger charge is -2.24. The summed E-state index contributed by atoms with van der Waals surface area (Å²) in [5.41, 5.74) is 0.586. The lowest BCUT2D eigenvalue weighted by Crippen LogP contribution is -2.43. The molecule has 0 aliphatic rings. The highest BCUT2D eigenvalue weighted by atomic mass is 16.4. The summed E-state index contributed by atoms with van der Waals surface area (Å²) in [6, 6.07) is -0.871. The van der Waals surface area contributed by atoms with Gasteiger partial charge in [0.25, 0.3) is 5.89 Å². The van der Waals surface area contributed by atoms with E-state index < -0.39 is 17.9 Å². The minimum Gasteiger partial charge on any atom is -0.480 e. The van der Waals surface area contributed by atoms with Crippen molar-refractivity contribution in [3.8, 4) is 0 Å². The van der Waals surface area contributed by atoms with Crippen molar-refractivity contribution < 1.29 is 19.1 Å². The number of rotatable bonds is 5. The Balaban J connectivity index is 2.86. The molecule has 0 aliphatic carbocycles. The molecule has 1 aromatic rings. The molecular formula is C12H18N2O4. The molecule has 6 heteroatoms. The number of carbonyl (C=O) groups is 2. The van der Waals surface area contributed by atoms with Gasteiger partial charge >= 0.3 is 11.9 Å². The molecule has 0 bridgehead atoms. The second-order valence-corrected chi connectivity index (χ2v) is 4.69. The molecule has 0 fully saturated rings. The zero-order valence-corrected chi connectivity index (χ0v) is 11.0. The molecule has 0 aliphatic heterocycles. The highest BCUT2D eigenvalue weighted by molar-refractivity contribution is 5.92. The Labute approximate surface area is 106 Å². The Hall–Kier alpha value is -1.85. The van der Waals surface area contributed by atoms with Crippen molar-refractivity contribution in [3.05, 3.63) is 17.8 Å². The molecule has 0 saturated heterocycles. The van der Waals surface area contributed by atoms with E-state index in [1.165, 1.54) is 13.3 Å². The van der Waals surface area contributed by atoms with Gasteiger partial charge in [0.15, 0.2) is 0 Å². The quantitative estimate of drug-likeness (QED) is 0.861. The minimum absolute atomic E-state index is 0.0787. The van der Waals surface area contributed by atoms with Crippen LogP contribution in [0.1, 0.15) is 36.6 Å². The van der Waals surface area contributed by atoms with Crippen LogP contribution >= 0.6 is 0 Å². The number of carboxylic acids is 1. The smallest absolute Gasteiger partial charge is 0.326 e. The molecule has 0 spiro atoms. The molecule has 0 saturated carbocycles. The number of amides is 1. The zero-order chi connectivity index (χ0) is 13.9. The maximum absolute atomic E-state index is 12.0. The average molecular weight is 254 g/mol. The number of carbonyl (C=O) groups excluding carboxylic acids is 1. The summed E-state index contributed by atoms with van der Waals surface area (Å²) >= 11 is 0. The molecule has 6 nitrogen and oxygen atoms in total. The van der Waals surface area contributed by atoms with Crippen molar-refractivity contribution in [2.24, 2.45) is 5.92 Å². The fraction of sp³-hybridized carbons (Fsp3) is 0.583. The van der Waals surface area contributed by atoms with Gasteiger partial charge < -0.3 is 14.4 Å². The van der Waals surface area contributed by atoms with E-state index in [2.05, 4.69) is 4.98 Å². The summed E-state index contributed by atoms with van der Waals surface area (Å²) in [5.74, 6) is -1.45. The van der Waals surface area contributed by atoms with E-state index in [1.807, 2.05) is 13.8 Å². The second kappa shape index (κ2) is 5.66. The zero-order valence-electron chi connectivity index (χ0n) is 11.0. The van der Waals surface area contributed by atoms with Gasteiger partial charge in [0, 0.05) is 7.05 Å². The van der Waals surface area contributed by atoms with Crippen LogP contribution in [-0.2, 0) is 4.79 Å². The summed E-state index contributed by atoms with van der Waals surface area (Å²) in [4.78, 5) is 28.2. The van der Waals surface area contributed by atoms with Gasteiger partial charge in [-0.1, -0.05) is 13.8 Å². The van der Waals surface area contributed by atoms with Crippen LogP contribution < -0.4 is 0 Å². The molecule has 1 N–H and O–H groups in total. The van der Waals surface area contributed by atoms with Gasteiger partial charge in [0.05, 0.1) is 5.69 Å². The molecule has 1 unspecified atom stereocenters. The summed E-state index contributed by atoms with van der Waals surface area (Å²) < 4.78 is 4.99. The lowest BCUT2D eigenvalue weighted by atomic mass is 10.0. The van der Waals surface area contributed by atoms with Crippen LogP contribution in [0.2, 0.25) is 0 Å². The van der Waals surface area contributed by atoms with Gasteiger partial charge in [-0.15, -0.1) is 0 Å². The van der Waals surface area contributed by atoms with Crippen LogP contribution in [0.15, 0.2) is 10.7 Å². The average Bonchev–Trinajstić information content (AvgIpc) is 2.70. The Morgan fingerprint density at radius 2 is 2.11 bits per heavy atom. The normalized spacial score (nSPS) is 12.5. The van der Waals surface area contributed by atoms with E-state index in [-0.39, 0.29) is 11.8 Å². The van der Waals surface area contributed by atoms with Crippen LogP contribution in [0.4, 0.5) is 0 Å². The van der Waals surface area contributed by atoms with Gasteiger partial charge in [-0.3, -0.25) is 4.79 Å². The molecule has 1 rings (SSSR count). The number of likely N-dealkylation sites (N-methyl/N-ethyl adjacent to an activating group) is 1. The third-order valence-corrected chi connectivity index (χ3v) is 2.57. The number of aromatic nitrogens is 1. The number of hydrogen-bond donors (Lipinski definition) is 1. The minimum atomic E-state index is -1.03. The van der Waals surface area contributed by atoms with E-state index in [9.17, 15) is 9.59 Å². The number of carboxylic acid groups (broad SMARTS) is 1. The largest absolute Gasteiger partial charge is 0.480 e. The fourth-order valence-electron chi connectivity index (χ4n) is 1.62. The first-order valence-corrected chi connectivity index (χ1v) is 5.75. The number of aliphatic carboxylic acids is 1. The first kappa shape index (κ1) is 14.2. The van der Waals surface area contributed by atoms with Crippen LogP contribution in [0.25, 0.3) is 0 Å². The van der Waals surface area contributed by atoms with Gasteiger partial charge in [-0.2, -0.15) is 0 Å². The van der Waals surface area contributed by atoms with E-state index in [0.717, 1.165) is 4.90 Å². The molecule has 1 atom stereocenters. The van der Waals surface area contributed by atoms with Gasteiger partial charge in [-0.25, -0.2) is 9.78 Å². The van der Waals surface area contributed by atoms with E-state index in [0.29, 0.717) is 12.1 Å². The van der Waals surface area contributed by atoms with Crippen molar-refractivity contribution in [3.63, 3.8) is 0 Å². The molecule has 18 heavy (non-hydrogen) atoms. The highest BCUT2D eigenvalue weighted by Gasteiger charge is 2.30. The van der Waals surface area contributed by atoms with Crippen LogP contribution in [0.3, 0.4) is 0 Å². The fourth-order valence-corrected chi connectivity index (χ4v) is 1.62. The SMILES string of the molecule is Cc1coc(C(=O)N(C)C(CC(C)C)C(=O)O)n1. The Kier molecular flexibility index (Phi) is 4.47. The van der Waals surface area contributed by atoms with Crippen molar-refractivity contribution in [1.82, 2.24) is 9.88 Å². The number of hydrogen-bond acceptors (Lipinski definition) is 4. The molecular weight excluding hydrogens is 236 g/mol. The van der Waals surface area contributed by atoms with E-state index >= 15 is 0 Å². The molecule has 100 valence electrons. The Bertz CT molecular complexity index is 439. The first-order chi connectivity index (χ1) is 8.32. The number of nitrogens with zero attached hydrogens (tertiary/aromatic N) is 2. The van der Waals surface area contributed by atoms with Crippen molar-refractivity contribution in [2.45, 2.75) is 33.2 Å². The van der Waals surface area contributed by atoms with E-state index in [1.54, 1.807) is 6.92 Å². The molecule has 0 radical (unpaired) electrons. The number of oxazole rings is 1. The number of aryl methyl sites for hydroxylation is 1. The third-order valence-electron chi connectivity index (χ3n) is 2.57. The molecule has 0 aromatic carbocycles. The summed E-state index contributed by atoms with van der Waals surface area (Å²) in [5, 5.41) is 9.15. The summed E-state index contributed by atoms with van der Waals surface area (Å²) in [7, 11) is 1.45. The van der Waals surface area contributed by atoms with Gasteiger partial charge in [0.1, 0.15) is 12.3 Å².